The van der Waals surface area contributed by atoms with Crippen molar-refractivity contribution < 1.29 is 0 Å². The Bertz CT molecular complexity index is 753. The highest BCUT2D eigenvalue weighted by molar-refractivity contribution is 8.13. The third-order valence-corrected chi connectivity index (χ3v) is 4.10. The Hall–Kier alpha value is -2.26. The summed E-state index contributed by atoms with van der Waals surface area (Å²) in [6, 6.07) is 24.6. The normalized spacial score (nSPS) is 10.5. The number of rotatable bonds is 3. The van der Waals surface area contributed by atoms with E-state index in [0.717, 1.165) is 11.4 Å². The Morgan fingerprint density at radius 3 is 2.38 bits per heavy atom. The molecule has 0 aromatic heterocycles. The van der Waals surface area contributed by atoms with Gasteiger partial charge in [0.2, 0.25) is 0 Å². The van der Waals surface area contributed by atoms with E-state index in [1.807, 2.05) is 30.3 Å². The number of hydrogen-bond donors (Lipinski definition) is 2. The van der Waals surface area contributed by atoms with Gasteiger partial charge in [-0.1, -0.05) is 72.4 Å². The molecule has 0 spiro atoms. The lowest BCUT2D eigenvalue weighted by Crippen LogP contribution is -2.05. The van der Waals surface area contributed by atoms with E-state index in [1.165, 1.54) is 28.1 Å². The van der Waals surface area contributed by atoms with Crippen LogP contribution in [0.2, 0.25) is 0 Å². The molecule has 0 bridgehead atoms. The summed E-state index contributed by atoms with van der Waals surface area (Å²) in [4.78, 5) is 0. The third kappa shape index (κ3) is 3.64. The van der Waals surface area contributed by atoms with Gasteiger partial charge in [0.1, 0.15) is 0 Å². The largest absolute Gasteiger partial charge is 0.335 e. The van der Waals surface area contributed by atoms with Crippen molar-refractivity contribution in [3.63, 3.8) is 0 Å². The molecule has 3 aromatic rings. The van der Waals surface area contributed by atoms with E-state index in [-0.39, 0.29) is 0 Å². The summed E-state index contributed by atoms with van der Waals surface area (Å²) in [5.74, 6) is 0.795. The van der Waals surface area contributed by atoms with Crippen molar-refractivity contribution in [2.45, 2.75) is 5.75 Å². The standard InChI is InChI=1S/C18H16N2S/c19-18(20-17-8-2-1-3-9-17)21-13-14-10-11-15-6-4-5-7-16(15)12-14/h1-12H,13H2,(H2,19,20). The number of amidine groups is 1. The Kier molecular flexibility index (Phi) is 4.22. The van der Waals surface area contributed by atoms with E-state index in [0.29, 0.717) is 5.17 Å². The van der Waals surface area contributed by atoms with E-state index < -0.39 is 0 Å². The second kappa shape index (κ2) is 6.46. The van der Waals surface area contributed by atoms with E-state index in [2.05, 4.69) is 47.8 Å². The molecule has 0 aliphatic carbocycles. The van der Waals surface area contributed by atoms with Gasteiger partial charge in [-0.15, -0.1) is 0 Å². The maximum atomic E-state index is 7.99. The van der Waals surface area contributed by atoms with Gasteiger partial charge >= 0.3 is 0 Å². The number of hydrogen-bond acceptors (Lipinski definition) is 2. The van der Waals surface area contributed by atoms with Crippen LogP contribution in [0.1, 0.15) is 5.56 Å². The molecule has 0 fully saturated rings. The minimum atomic E-state index is 0.467. The van der Waals surface area contributed by atoms with Gasteiger partial charge in [0.05, 0.1) is 0 Å². The predicted molar refractivity (Wildman–Crippen MR) is 93.0 cm³/mol. The van der Waals surface area contributed by atoms with Gasteiger partial charge in [-0.2, -0.15) is 0 Å². The lowest BCUT2D eigenvalue weighted by atomic mass is 10.1. The SMILES string of the molecule is N=C(Nc1ccccc1)SCc1ccc2ccccc2c1. The first-order valence-electron chi connectivity index (χ1n) is 6.82. The summed E-state index contributed by atoms with van der Waals surface area (Å²) in [6.07, 6.45) is 0. The molecule has 0 atom stereocenters. The monoisotopic (exact) mass is 292 g/mol. The van der Waals surface area contributed by atoms with Crippen molar-refractivity contribution in [1.29, 1.82) is 5.41 Å². The van der Waals surface area contributed by atoms with Gasteiger partial charge in [0.25, 0.3) is 0 Å². The van der Waals surface area contributed by atoms with Crippen LogP contribution in [0, 0.1) is 5.41 Å². The topological polar surface area (TPSA) is 35.9 Å². The van der Waals surface area contributed by atoms with Crippen molar-refractivity contribution in [3.05, 3.63) is 78.4 Å². The minimum Gasteiger partial charge on any atom is -0.335 e. The highest BCUT2D eigenvalue weighted by Gasteiger charge is 2.01. The number of fused-ring (bicyclic) bond motifs is 1. The van der Waals surface area contributed by atoms with Gasteiger partial charge in [0, 0.05) is 11.4 Å². The van der Waals surface area contributed by atoms with Crippen molar-refractivity contribution in [2.75, 3.05) is 5.32 Å². The average molecular weight is 292 g/mol. The van der Waals surface area contributed by atoms with E-state index in [9.17, 15) is 0 Å². The second-order valence-corrected chi connectivity index (χ2v) is 5.78. The molecule has 2 N–H and O–H groups in total. The first kappa shape index (κ1) is 13.7. The van der Waals surface area contributed by atoms with Gasteiger partial charge in [-0.3, -0.25) is 5.41 Å². The zero-order chi connectivity index (χ0) is 14.5. The maximum absolute atomic E-state index is 7.99. The van der Waals surface area contributed by atoms with Crippen molar-refractivity contribution in [1.82, 2.24) is 0 Å². The molecular formula is C18H16N2S. The van der Waals surface area contributed by atoms with E-state index in [1.54, 1.807) is 0 Å². The molecule has 0 amide bonds. The molecule has 0 heterocycles. The third-order valence-electron chi connectivity index (χ3n) is 3.23. The molecule has 3 rings (SSSR count). The highest BCUT2D eigenvalue weighted by Crippen LogP contribution is 2.20. The number of nitrogens with one attached hydrogen (secondary N) is 2. The fourth-order valence-electron chi connectivity index (χ4n) is 2.17. The first-order chi connectivity index (χ1) is 10.3. The Labute approximate surface area is 128 Å². The van der Waals surface area contributed by atoms with E-state index in [4.69, 9.17) is 5.41 Å². The molecule has 0 saturated heterocycles. The summed E-state index contributed by atoms with van der Waals surface area (Å²) in [7, 11) is 0. The zero-order valence-corrected chi connectivity index (χ0v) is 12.4. The number of thioether (sulfide) groups is 1. The predicted octanol–water partition coefficient (Wildman–Crippen LogP) is 5.12. The van der Waals surface area contributed by atoms with Crippen LogP contribution < -0.4 is 5.32 Å². The summed E-state index contributed by atoms with van der Waals surface area (Å²) >= 11 is 1.51. The molecule has 21 heavy (non-hydrogen) atoms. The number of anilines is 1. The van der Waals surface area contributed by atoms with Gasteiger partial charge in [0.15, 0.2) is 5.17 Å². The van der Waals surface area contributed by atoms with Crippen molar-refractivity contribution >= 4 is 33.4 Å². The molecule has 2 nitrogen and oxygen atoms in total. The van der Waals surface area contributed by atoms with Crippen LogP contribution in [-0.4, -0.2) is 5.17 Å². The van der Waals surface area contributed by atoms with Crippen LogP contribution >= 0.6 is 11.8 Å². The van der Waals surface area contributed by atoms with Crippen LogP contribution in [0.5, 0.6) is 0 Å². The van der Waals surface area contributed by atoms with E-state index >= 15 is 0 Å². The zero-order valence-electron chi connectivity index (χ0n) is 11.5. The molecule has 0 saturated carbocycles. The Morgan fingerprint density at radius 1 is 0.857 bits per heavy atom. The van der Waals surface area contributed by atoms with Crippen LogP contribution in [0.25, 0.3) is 10.8 Å². The van der Waals surface area contributed by atoms with Gasteiger partial charge < -0.3 is 5.32 Å². The first-order valence-corrected chi connectivity index (χ1v) is 7.81. The van der Waals surface area contributed by atoms with Crippen LogP contribution in [-0.2, 0) is 5.75 Å². The summed E-state index contributed by atoms with van der Waals surface area (Å²) in [5.41, 5.74) is 2.19. The summed E-state index contributed by atoms with van der Waals surface area (Å²) < 4.78 is 0. The smallest absolute Gasteiger partial charge is 0.158 e. The van der Waals surface area contributed by atoms with Crippen LogP contribution in [0.15, 0.2) is 72.8 Å². The molecule has 104 valence electrons. The maximum Gasteiger partial charge on any atom is 0.158 e. The minimum absolute atomic E-state index is 0.467. The van der Waals surface area contributed by atoms with Crippen LogP contribution in [0.4, 0.5) is 5.69 Å². The lowest BCUT2D eigenvalue weighted by molar-refractivity contribution is 1.44. The molecule has 0 unspecified atom stereocenters. The fourth-order valence-corrected chi connectivity index (χ4v) is 2.85. The van der Waals surface area contributed by atoms with Crippen LogP contribution in [0.3, 0.4) is 0 Å². The highest BCUT2D eigenvalue weighted by atomic mass is 32.2. The quantitative estimate of drug-likeness (QED) is 0.519. The molecule has 0 aliphatic rings. The average Bonchev–Trinajstić information content (AvgIpc) is 2.54. The molecule has 0 radical (unpaired) electrons. The molecule has 0 aliphatic heterocycles. The number of para-hydroxylation sites is 1. The Morgan fingerprint density at radius 2 is 1.57 bits per heavy atom. The van der Waals surface area contributed by atoms with Gasteiger partial charge in [-0.05, 0) is 28.5 Å². The fraction of sp³-hybridized carbons (Fsp3) is 0.0556. The molecule has 3 heteroatoms. The summed E-state index contributed by atoms with van der Waals surface area (Å²) in [6.45, 7) is 0. The summed E-state index contributed by atoms with van der Waals surface area (Å²) in [5, 5.41) is 14.1. The molecule has 3 aromatic carbocycles. The second-order valence-electron chi connectivity index (χ2n) is 4.79. The van der Waals surface area contributed by atoms with Crippen molar-refractivity contribution in [2.24, 2.45) is 0 Å². The molecular weight excluding hydrogens is 276 g/mol. The number of benzene rings is 3. The lowest BCUT2D eigenvalue weighted by Gasteiger charge is -2.08. The van der Waals surface area contributed by atoms with Gasteiger partial charge in [-0.25, -0.2) is 0 Å². The van der Waals surface area contributed by atoms with Crippen molar-refractivity contribution in [3.8, 4) is 0 Å². The Balaban J connectivity index is 1.62.